The standard InChI is InChI=1S/C22H29NO2/c1-5-17-7-9-18(10-8-17)21(6-2)22(24)19-11-13-20(14-12-19)25-16-15-23(3)4/h7-14,21H,5-6,15-16H2,1-4H3. The summed E-state index contributed by atoms with van der Waals surface area (Å²) in [4.78, 5) is 15.0. The Hall–Kier alpha value is -2.13. The lowest BCUT2D eigenvalue weighted by atomic mass is 9.88. The average Bonchev–Trinajstić information content (AvgIpc) is 2.63. The lowest BCUT2D eigenvalue weighted by Crippen LogP contribution is -2.19. The van der Waals surface area contributed by atoms with E-state index in [0.29, 0.717) is 6.61 Å². The molecule has 0 saturated heterocycles. The third kappa shape index (κ3) is 5.43. The molecule has 3 nitrogen and oxygen atoms in total. The number of carbonyl (C=O) groups is 1. The molecule has 0 heterocycles. The van der Waals surface area contributed by atoms with Gasteiger partial charge in [0.25, 0.3) is 0 Å². The SMILES string of the molecule is CCc1ccc(C(CC)C(=O)c2ccc(OCCN(C)C)cc2)cc1. The molecular formula is C22H29NO2. The summed E-state index contributed by atoms with van der Waals surface area (Å²) >= 11 is 0. The Balaban J connectivity index is 2.06. The Labute approximate surface area is 151 Å². The minimum Gasteiger partial charge on any atom is -0.492 e. The molecule has 3 heteroatoms. The summed E-state index contributed by atoms with van der Waals surface area (Å²) in [5.74, 6) is 0.886. The van der Waals surface area contributed by atoms with E-state index in [-0.39, 0.29) is 11.7 Å². The minimum atomic E-state index is -0.0913. The third-order valence-electron chi connectivity index (χ3n) is 4.46. The van der Waals surface area contributed by atoms with Crippen molar-refractivity contribution >= 4 is 5.78 Å². The van der Waals surface area contributed by atoms with Gasteiger partial charge in [-0.3, -0.25) is 4.79 Å². The summed E-state index contributed by atoms with van der Waals surface area (Å²) in [7, 11) is 4.03. The van der Waals surface area contributed by atoms with Crippen LogP contribution in [0.2, 0.25) is 0 Å². The largest absolute Gasteiger partial charge is 0.492 e. The second kappa shape index (κ2) is 9.38. The van der Waals surface area contributed by atoms with Crippen molar-refractivity contribution in [2.24, 2.45) is 0 Å². The van der Waals surface area contributed by atoms with Crippen molar-refractivity contribution in [1.82, 2.24) is 4.90 Å². The van der Waals surface area contributed by atoms with E-state index in [9.17, 15) is 4.79 Å². The van der Waals surface area contributed by atoms with Crippen molar-refractivity contribution < 1.29 is 9.53 Å². The zero-order chi connectivity index (χ0) is 18.2. The number of hydrogen-bond donors (Lipinski definition) is 0. The van der Waals surface area contributed by atoms with Gasteiger partial charge < -0.3 is 9.64 Å². The van der Waals surface area contributed by atoms with E-state index in [0.717, 1.165) is 36.3 Å². The molecule has 0 aliphatic heterocycles. The number of carbonyl (C=O) groups excluding carboxylic acids is 1. The highest BCUT2D eigenvalue weighted by atomic mass is 16.5. The van der Waals surface area contributed by atoms with Crippen LogP contribution in [0, 0.1) is 0 Å². The summed E-state index contributed by atoms with van der Waals surface area (Å²) in [6, 6.07) is 15.9. The molecule has 0 aliphatic rings. The van der Waals surface area contributed by atoms with E-state index in [1.807, 2.05) is 38.4 Å². The predicted octanol–water partition coefficient (Wildman–Crippen LogP) is 4.57. The Morgan fingerprint density at radius 1 is 1.00 bits per heavy atom. The summed E-state index contributed by atoms with van der Waals surface area (Å²) in [5.41, 5.74) is 3.13. The molecule has 0 fully saturated rings. The van der Waals surface area contributed by atoms with E-state index < -0.39 is 0 Å². The Bertz CT molecular complexity index is 659. The highest BCUT2D eigenvalue weighted by molar-refractivity contribution is 6.01. The first-order valence-electron chi connectivity index (χ1n) is 9.05. The number of rotatable bonds is 9. The first-order valence-corrected chi connectivity index (χ1v) is 9.05. The van der Waals surface area contributed by atoms with Gasteiger partial charge in [0, 0.05) is 18.0 Å². The molecule has 0 amide bonds. The second-order valence-electron chi connectivity index (χ2n) is 6.60. The fraction of sp³-hybridized carbons (Fsp3) is 0.409. The van der Waals surface area contributed by atoms with Gasteiger partial charge in [-0.05, 0) is 62.3 Å². The van der Waals surface area contributed by atoms with Crippen molar-refractivity contribution in [3.05, 3.63) is 65.2 Å². The third-order valence-corrected chi connectivity index (χ3v) is 4.46. The predicted molar refractivity (Wildman–Crippen MR) is 104 cm³/mol. The molecule has 134 valence electrons. The van der Waals surface area contributed by atoms with Crippen molar-refractivity contribution in [2.75, 3.05) is 27.2 Å². The van der Waals surface area contributed by atoms with Crippen LogP contribution in [-0.2, 0) is 6.42 Å². The van der Waals surface area contributed by atoms with Crippen LogP contribution in [0.15, 0.2) is 48.5 Å². The quantitative estimate of drug-likeness (QED) is 0.627. The van der Waals surface area contributed by atoms with Gasteiger partial charge in [0.15, 0.2) is 5.78 Å². The fourth-order valence-corrected chi connectivity index (χ4v) is 2.82. The van der Waals surface area contributed by atoms with Gasteiger partial charge in [0.2, 0.25) is 0 Å². The highest BCUT2D eigenvalue weighted by Gasteiger charge is 2.20. The van der Waals surface area contributed by atoms with Crippen LogP contribution < -0.4 is 4.74 Å². The Morgan fingerprint density at radius 3 is 2.16 bits per heavy atom. The van der Waals surface area contributed by atoms with E-state index in [2.05, 4.69) is 43.0 Å². The zero-order valence-electron chi connectivity index (χ0n) is 15.8. The number of aryl methyl sites for hydroxylation is 1. The number of benzene rings is 2. The van der Waals surface area contributed by atoms with E-state index in [1.54, 1.807) is 0 Å². The average molecular weight is 339 g/mol. The first kappa shape index (κ1) is 19.2. The number of likely N-dealkylation sites (N-methyl/N-ethyl adjacent to an activating group) is 1. The molecule has 1 atom stereocenters. The lowest BCUT2D eigenvalue weighted by Gasteiger charge is -2.15. The van der Waals surface area contributed by atoms with E-state index in [1.165, 1.54) is 5.56 Å². The summed E-state index contributed by atoms with van der Waals surface area (Å²) in [5, 5.41) is 0. The van der Waals surface area contributed by atoms with Crippen LogP contribution in [-0.4, -0.2) is 37.9 Å². The van der Waals surface area contributed by atoms with Crippen LogP contribution in [0.1, 0.15) is 47.7 Å². The monoisotopic (exact) mass is 339 g/mol. The van der Waals surface area contributed by atoms with Crippen LogP contribution in [0.5, 0.6) is 5.75 Å². The first-order chi connectivity index (χ1) is 12.0. The van der Waals surface area contributed by atoms with Crippen molar-refractivity contribution in [2.45, 2.75) is 32.6 Å². The van der Waals surface area contributed by atoms with Gasteiger partial charge in [0.1, 0.15) is 12.4 Å². The molecule has 2 aromatic rings. The number of ether oxygens (including phenoxy) is 1. The lowest BCUT2D eigenvalue weighted by molar-refractivity contribution is 0.0957. The molecule has 0 radical (unpaired) electrons. The molecular weight excluding hydrogens is 310 g/mol. The van der Waals surface area contributed by atoms with Crippen LogP contribution >= 0.6 is 0 Å². The molecule has 25 heavy (non-hydrogen) atoms. The summed E-state index contributed by atoms with van der Waals surface area (Å²) in [6.07, 6.45) is 1.81. The number of Topliss-reactive ketones (excluding diaryl/α,β-unsaturated/α-hetero) is 1. The number of hydrogen-bond acceptors (Lipinski definition) is 3. The van der Waals surface area contributed by atoms with Crippen LogP contribution in [0.25, 0.3) is 0 Å². The van der Waals surface area contributed by atoms with E-state index in [4.69, 9.17) is 4.74 Å². The minimum absolute atomic E-state index is 0.0913. The van der Waals surface area contributed by atoms with Gasteiger partial charge in [-0.1, -0.05) is 38.1 Å². The smallest absolute Gasteiger partial charge is 0.170 e. The number of nitrogens with zero attached hydrogens (tertiary/aromatic N) is 1. The maximum Gasteiger partial charge on any atom is 0.170 e. The molecule has 0 bridgehead atoms. The topological polar surface area (TPSA) is 29.5 Å². The number of ketones is 1. The van der Waals surface area contributed by atoms with Crippen LogP contribution in [0.4, 0.5) is 0 Å². The van der Waals surface area contributed by atoms with Crippen molar-refractivity contribution in [3.8, 4) is 5.75 Å². The molecule has 0 aromatic heterocycles. The maximum absolute atomic E-state index is 12.9. The zero-order valence-corrected chi connectivity index (χ0v) is 15.8. The maximum atomic E-state index is 12.9. The van der Waals surface area contributed by atoms with Gasteiger partial charge >= 0.3 is 0 Å². The molecule has 0 N–H and O–H groups in total. The Kier molecular flexibility index (Phi) is 7.20. The van der Waals surface area contributed by atoms with Gasteiger partial charge in [-0.25, -0.2) is 0 Å². The van der Waals surface area contributed by atoms with Crippen LogP contribution in [0.3, 0.4) is 0 Å². The molecule has 2 aromatic carbocycles. The molecule has 0 aliphatic carbocycles. The summed E-state index contributed by atoms with van der Waals surface area (Å²) in [6.45, 7) is 5.71. The normalized spacial score (nSPS) is 12.2. The van der Waals surface area contributed by atoms with Crippen molar-refractivity contribution in [1.29, 1.82) is 0 Å². The van der Waals surface area contributed by atoms with Gasteiger partial charge in [-0.15, -0.1) is 0 Å². The highest BCUT2D eigenvalue weighted by Crippen LogP contribution is 2.26. The van der Waals surface area contributed by atoms with Gasteiger partial charge in [0.05, 0.1) is 0 Å². The fourth-order valence-electron chi connectivity index (χ4n) is 2.82. The van der Waals surface area contributed by atoms with Gasteiger partial charge in [-0.2, -0.15) is 0 Å². The molecule has 0 saturated carbocycles. The summed E-state index contributed by atoms with van der Waals surface area (Å²) < 4.78 is 5.70. The van der Waals surface area contributed by atoms with Crippen molar-refractivity contribution in [3.63, 3.8) is 0 Å². The molecule has 2 rings (SSSR count). The second-order valence-corrected chi connectivity index (χ2v) is 6.60. The Morgan fingerprint density at radius 2 is 1.64 bits per heavy atom. The molecule has 0 spiro atoms. The molecule has 1 unspecified atom stereocenters. The van der Waals surface area contributed by atoms with E-state index >= 15 is 0 Å².